The first-order chi connectivity index (χ1) is 8.59. The third-order valence-corrected chi connectivity index (χ3v) is 4.57. The molecule has 0 fully saturated rings. The first-order valence-electron chi connectivity index (χ1n) is 6.64. The van der Waals surface area contributed by atoms with Gasteiger partial charge in [-0.05, 0) is 26.3 Å². The number of ether oxygens (including phenoxy) is 1. The second-order valence-corrected chi connectivity index (χ2v) is 11.6. The van der Waals surface area contributed by atoms with Crippen LogP contribution in [0.2, 0.25) is 19.6 Å². The standard InChI is InChI=1S/C15H25NO2Si/c1-15(2,3)18-14(17)16(19(4,5)6)12-13-10-8-7-9-11-13/h7-11H,12H2,1-6H3. The smallest absolute Gasteiger partial charge is 0.402 e. The highest BCUT2D eigenvalue weighted by Crippen LogP contribution is 2.19. The van der Waals surface area contributed by atoms with Crippen molar-refractivity contribution >= 4 is 14.3 Å². The number of hydrogen-bond donors (Lipinski definition) is 0. The van der Waals surface area contributed by atoms with E-state index in [0.29, 0.717) is 6.54 Å². The molecule has 0 saturated heterocycles. The fraction of sp³-hybridized carbons (Fsp3) is 0.533. The average Bonchev–Trinajstić information content (AvgIpc) is 2.23. The maximum atomic E-state index is 12.3. The molecule has 1 aromatic carbocycles. The Morgan fingerprint density at radius 2 is 1.68 bits per heavy atom. The maximum absolute atomic E-state index is 12.3. The number of amides is 1. The lowest BCUT2D eigenvalue weighted by Gasteiger charge is -2.35. The van der Waals surface area contributed by atoms with Crippen LogP contribution in [-0.4, -0.2) is 24.5 Å². The number of carbonyl (C=O) groups excluding carboxylic acids is 1. The van der Waals surface area contributed by atoms with Crippen molar-refractivity contribution in [2.24, 2.45) is 0 Å². The van der Waals surface area contributed by atoms with Crippen LogP contribution in [0.3, 0.4) is 0 Å². The molecule has 0 atom stereocenters. The van der Waals surface area contributed by atoms with E-state index in [9.17, 15) is 4.79 Å². The second kappa shape index (κ2) is 5.78. The second-order valence-electron chi connectivity index (χ2n) is 6.72. The van der Waals surface area contributed by atoms with E-state index >= 15 is 0 Å². The minimum atomic E-state index is -1.77. The van der Waals surface area contributed by atoms with Crippen LogP contribution in [0.15, 0.2) is 30.3 Å². The molecule has 0 spiro atoms. The third kappa shape index (κ3) is 5.47. The first kappa shape index (κ1) is 15.8. The van der Waals surface area contributed by atoms with Gasteiger partial charge in [0.05, 0.1) is 0 Å². The number of hydrogen-bond acceptors (Lipinski definition) is 2. The molecule has 0 aliphatic rings. The number of nitrogens with zero attached hydrogens (tertiary/aromatic N) is 1. The molecule has 0 unspecified atom stereocenters. The van der Waals surface area contributed by atoms with E-state index in [4.69, 9.17) is 4.74 Å². The lowest BCUT2D eigenvalue weighted by atomic mass is 10.2. The lowest BCUT2D eigenvalue weighted by Crippen LogP contribution is -2.50. The van der Waals surface area contributed by atoms with E-state index in [1.165, 1.54) is 0 Å². The zero-order valence-corrected chi connectivity index (χ0v) is 13.9. The normalized spacial score (nSPS) is 12.1. The Hall–Kier alpha value is -1.29. The molecule has 19 heavy (non-hydrogen) atoms. The summed E-state index contributed by atoms with van der Waals surface area (Å²) in [6, 6.07) is 10.0. The summed E-state index contributed by atoms with van der Waals surface area (Å²) in [6.45, 7) is 12.8. The molecule has 0 radical (unpaired) electrons. The van der Waals surface area contributed by atoms with Crippen molar-refractivity contribution in [2.45, 2.75) is 52.6 Å². The zero-order valence-electron chi connectivity index (χ0n) is 12.9. The van der Waals surface area contributed by atoms with Crippen LogP contribution in [0.4, 0.5) is 4.79 Å². The van der Waals surface area contributed by atoms with Crippen LogP contribution in [0.25, 0.3) is 0 Å². The van der Waals surface area contributed by atoms with Crippen molar-refractivity contribution in [2.75, 3.05) is 0 Å². The molecule has 3 nitrogen and oxygen atoms in total. The van der Waals surface area contributed by atoms with E-state index in [2.05, 4.69) is 19.6 Å². The summed E-state index contributed by atoms with van der Waals surface area (Å²) in [5.74, 6) is 0. The van der Waals surface area contributed by atoms with Crippen molar-refractivity contribution in [1.29, 1.82) is 0 Å². The van der Waals surface area contributed by atoms with Gasteiger partial charge in [0.15, 0.2) is 8.24 Å². The van der Waals surface area contributed by atoms with Gasteiger partial charge in [0.25, 0.3) is 0 Å². The monoisotopic (exact) mass is 279 g/mol. The summed E-state index contributed by atoms with van der Waals surface area (Å²) in [7, 11) is -1.77. The van der Waals surface area contributed by atoms with Gasteiger partial charge in [0, 0.05) is 6.54 Å². The highest BCUT2D eigenvalue weighted by atomic mass is 28.3. The summed E-state index contributed by atoms with van der Waals surface area (Å²) >= 11 is 0. The Labute approximate surface area is 117 Å². The van der Waals surface area contributed by atoms with Gasteiger partial charge in [0.2, 0.25) is 0 Å². The minimum Gasteiger partial charge on any atom is -0.444 e. The molecule has 0 heterocycles. The quantitative estimate of drug-likeness (QED) is 0.774. The molecule has 1 aromatic rings. The van der Waals surface area contributed by atoms with Crippen molar-refractivity contribution in [3.63, 3.8) is 0 Å². The van der Waals surface area contributed by atoms with Crippen molar-refractivity contribution < 1.29 is 9.53 Å². The maximum Gasteiger partial charge on any atom is 0.402 e. The third-order valence-electron chi connectivity index (χ3n) is 2.61. The van der Waals surface area contributed by atoms with E-state index in [0.717, 1.165) is 5.56 Å². The van der Waals surface area contributed by atoms with Gasteiger partial charge >= 0.3 is 6.09 Å². The van der Waals surface area contributed by atoms with Crippen LogP contribution < -0.4 is 0 Å². The van der Waals surface area contributed by atoms with Gasteiger partial charge in [-0.3, -0.25) is 0 Å². The molecule has 0 saturated carbocycles. The molecule has 1 amide bonds. The first-order valence-corrected chi connectivity index (χ1v) is 10.1. The summed E-state index contributed by atoms with van der Waals surface area (Å²) in [4.78, 5) is 12.3. The SMILES string of the molecule is CC(C)(C)OC(=O)N(Cc1ccccc1)[Si](C)(C)C. The molecule has 0 aliphatic carbocycles. The summed E-state index contributed by atoms with van der Waals surface area (Å²) in [5, 5.41) is 0. The highest BCUT2D eigenvalue weighted by molar-refractivity contribution is 6.75. The minimum absolute atomic E-state index is 0.212. The van der Waals surface area contributed by atoms with Crippen LogP contribution in [0.1, 0.15) is 26.3 Å². The van der Waals surface area contributed by atoms with Gasteiger partial charge in [0.1, 0.15) is 5.60 Å². The van der Waals surface area contributed by atoms with E-state index < -0.39 is 13.8 Å². The van der Waals surface area contributed by atoms with Gasteiger partial charge in [-0.25, -0.2) is 4.79 Å². The average molecular weight is 279 g/mol. The van der Waals surface area contributed by atoms with Crippen LogP contribution >= 0.6 is 0 Å². The van der Waals surface area contributed by atoms with Crippen molar-refractivity contribution in [3.8, 4) is 0 Å². The molecule has 4 heteroatoms. The summed E-state index contributed by atoms with van der Waals surface area (Å²) < 4.78 is 7.42. The molecular formula is C15H25NO2Si. The zero-order chi connectivity index (χ0) is 14.7. The Kier molecular flexibility index (Phi) is 4.79. The predicted octanol–water partition coefficient (Wildman–Crippen LogP) is 4.26. The van der Waals surface area contributed by atoms with E-state index in [-0.39, 0.29) is 6.09 Å². The summed E-state index contributed by atoms with van der Waals surface area (Å²) in [5.41, 5.74) is 0.682. The van der Waals surface area contributed by atoms with Gasteiger partial charge in [-0.15, -0.1) is 0 Å². The Bertz CT molecular complexity index is 418. The fourth-order valence-electron chi connectivity index (χ4n) is 1.66. The Morgan fingerprint density at radius 3 is 2.11 bits per heavy atom. The molecular weight excluding hydrogens is 254 g/mol. The number of benzene rings is 1. The molecule has 0 aromatic heterocycles. The Morgan fingerprint density at radius 1 is 1.16 bits per heavy atom. The van der Waals surface area contributed by atoms with Crippen LogP contribution in [0, 0.1) is 0 Å². The van der Waals surface area contributed by atoms with Crippen LogP contribution in [0.5, 0.6) is 0 Å². The van der Waals surface area contributed by atoms with Gasteiger partial charge < -0.3 is 9.30 Å². The number of rotatable bonds is 3. The molecule has 106 valence electrons. The molecule has 0 aliphatic heterocycles. The van der Waals surface area contributed by atoms with Crippen molar-refractivity contribution in [3.05, 3.63) is 35.9 Å². The van der Waals surface area contributed by atoms with E-state index in [1.807, 2.05) is 55.7 Å². The molecule has 1 rings (SSSR count). The largest absolute Gasteiger partial charge is 0.444 e. The van der Waals surface area contributed by atoms with Crippen LogP contribution in [-0.2, 0) is 11.3 Å². The number of carbonyl (C=O) groups is 1. The molecule has 0 N–H and O–H groups in total. The fourth-order valence-corrected chi connectivity index (χ4v) is 2.91. The molecule has 0 bridgehead atoms. The Balaban J connectivity index is 2.88. The topological polar surface area (TPSA) is 29.5 Å². The van der Waals surface area contributed by atoms with E-state index in [1.54, 1.807) is 0 Å². The van der Waals surface area contributed by atoms with Gasteiger partial charge in [-0.2, -0.15) is 0 Å². The van der Waals surface area contributed by atoms with Gasteiger partial charge in [-0.1, -0.05) is 50.0 Å². The lowest BCUT2D eigenvalue weighted by molar-refractivity contribution is 0.0365. The summed E-state index contributed by atoms with van der Waals surface area (Å²) in [6.07, 6.45) is -0.212. The predicted molar refractivity (Wildman–Crippen MR) is 81.6 cm³/mol. The highest BCUT2D eigenvalue weighted by Gasteiger charge is 2.32. The van der Waals surface area contributed by atoms with Crippen molar-refractivity contribution in [1.82, 2.24) is 4.57 Å².